The smallest absolute Gasteiger partial charge is 0.222 e. The third kappa shape index (κ3) is 7.94. The first-order chi connectivity index (χ1) is 7.10. The molecule has 0 aromatic rings. The standard InChI is InChI=1S/C10H18N2O3/c1-3-14-10(15-4-2)6-5-8(11)7-9(12)13/h8,10H,3-4,7,11H2,1-2H3,(H2,12,13). The van der Waals surface area contributed by atoms with Crippen molar-refractivity contribution < 1.29 is 14.3 Å². The summed E-state index contributed by atoms with van der Waals surface area (Å²) in [5.41, 5.74) is 10.5. The van der Waals surface area contributed by atoms with Crippen LogP contribution in [0.25, 0.3) is 0 Å². The number of hydrogen-bond donors (Lipinski definition) is 2. The summed E-state index contributed by atoms with van der Waals surface area (Å²) in [7, 11) is 0. The number of nitrogens with two attached hydrogens (primary N) is 2. The summed E-state index contributed by atoms with van der Waals surface area (Å²) in [6.07, 6.45) is -0.545. The van der Waals surface area contributed by atoms with Gasteiger partial charge < -0.3 is 20.9 Å². The van der Waals surface area contributed by atoms with E-state index in [2.05, 4.69) is 11.8 Å². The van der Waals surface area contributed by atoms with E-state index in [0.717, 1.165) is 0 Å². The summed E-state index contributed by atoms with van der Waals surface area (Å²) < 4.78 is 10.3. The van der Waals surface area contributed by atoms with Crippen molar-refractivity contribution >= 4 is 5.91 Å². The molecule has 0 bridgehead atoms. The minimum Gasteiger partial charge on any atom is -0.370 e. The maximum Gasteiger partial charge on any atom is 0.222 e. The van der Waals surface area contributed by atoms with Crippen LogP contribution in [0.4, 0.5) is 0 Å². The largest absolute Gasteiger partial charge is 0.370 e. The van der Waals surface area contributed by atoms with Gasteiger partial charge in [-0.15, -0.1) is 0 Å². The van der Waals surface area contributed by atoms with Gasteiger partial charge >= 0.3 is 0 Å². The van der Waals surface area contributed by atoms with Gasteiger partial charge in [0.05, 0.1) is 12.5 Å². The van der Waals surface area contributed by atoms with Gasteiger partial charge in [-0.2, -0.15) is 0 Å². The van der Waals surface area contributed by atoms with E-state index < -0.39 is 18.2 Å². The Labute approximate surface area is 90.1 Å². The highest BCUT2D eigenvalue weighted by atomic mass is 16.7. The highest BCUT2D eigenvalue weighted by molar-refractivity contribution is 5.74. The molecule has 0 spiro atoms. The zero-order valence-electron chi connectivity index (χ0n) is 9.16. The molecule has 86 valence electrons. The lowest BCUT2D eigenvalue weighted by Crippen LogP contribution is -2.26. The SMILES string of the molecule is CCOC(C#CC(N)CC(N)=O)OCC. The molecule has 0 heterocycles. The van der Waals surface area contributed by atoms with Gasteiger partial charge in [0, 0.05) is 13.2 Å². The van der Waals surface area contributed by atoms with Crippen molar-refractivity contribution in [2.45, 2.75) is 32.6 Å². The molecular weight excluding hydrogens is 196 g/mol. The lowest BCUT2D eigenvalue weighted by Gasteiger charge is -2.10. The molecule has 0 aromatic heterocycles. The molecule has 0 aliphatic heterocycles. The van der Waals surface area contributed by atoms with Crippen LogP contribution in [0, 0.1) is 11.8 Å². The molecule has 1 atom stereocenters. The minimum atomic E-state index is -0.584. The summed E-state index contributed by atoms with van der Waals surface area (Å²) in [6, 6.07) is -0.564. The fourth-order valence-electron chi connectivity index (χ4n) is 0.877. The Balaban J connectivity index is 4.11. The van der Waals surface area contributed by atoms with E-state index in [9.17, 15) is 4.79 Å². The summed E-state index contributed by atoms with van der Waals surface area (Å²) in [4.78, 5) is 10.5. The molecule has 0 fully saturated rings. The van der Waals surface area contributed by atoms with Crippen molar-refractivity contribution in [3.05, 3.63) is 0 Å². The van der Waals surface area contributed by atoms with Crippen molar-refractivity contribution in [1.29, 1.82) is 0 Å². The summed E-state index contributed by atoms with van der Waals surface area (Å²) >= 11 is 0. The molecule has 0 rings (SSSR count). The average molecular weight is 214 g/mol. The Morgan fingerprint density at radius 2 is 1.80 bits per heavy atom. The van der Waals surface area contributed by atoms with E-state index in [1.165, 1.54) is 0 Å². The number of rotatable bonds is 6. The van der Waals surface area contributed by atoms with Crippen LogP contribution in [-0.4, -0.2) is 31.5 Å². The van der Waals surface area contributed by atoms with Gasteiger partial charge in [0.25, 0.3) is 0 Å². The average Bonchev–Trinajstić information content (AvgIpc) is 2.14. The van der Waals surface area contributed by atoms with Crippen molar-refractivity contribution in [2.75, 3.05) is 13.2 Å². The number of carbonyl (C=O) groups is 1. The Morgan fingerprint density at radius 1 is 1.27 bits per heavy atom. The van der Waals surface area contributed by atoms with E-state index in [1.54, 1.807) is 0 Å². The zero-order chi connectivity index (χ0) is 11.7. The molecule has 1 amide bonds. The van der Waals surface area contributed by atoms with Crippen LogP contribution in [0.2, 0.25) is 0 Å². The van der Waals surface area contributed by atoms with Crippen LogP contribution < -0.4 is 11.5 Å². The van der Waals surface area contributed by atoms with Gasteiger partial charge in [0.1, 0.15) is 0 Å². The summed E-state index contributed by atoms with van der Waals surface area (Å²) in [5.74, 6) is 4.89. The molecule has 5 heteroatoms. The topological polar surface area (TPSA) is 87.6 Å². The van der Waals surface area contributed by atoms with E-state index in [0.29, 0.717) is 13.2 Å². The monoisotopic (exact) mass is 214 g/mol. The summed E-state index contributed by atoms with van der Waals surface area (Å²) in [5, 5.41) is 0. The number of ether oxygens (including phenoxy) is 2. The van der Waals surface area contributed by atoms with Gasteiger partial charge in [-0.25, -0.2) is 0 Å². The fourth-order valence-corrected chi connectivity index (χ4v) is 0.877. The zero-order valence-corrected chi connectivity index (χ0v) is 9.16. The minimum absolute atomic E-state index is 0.0397. The van der Waals surface area contributed by atoms with E-state index in [-0.39, 0.29) is 6.42 Å². The van der Waals surface area contributed by atoms with Gasteiger partial charge in [-0.05, 0) is 19.8 Å². The van der Waals surface area contributed by atoms with Gasteiger partial charge in [0.15, 0.2) is 0 Å². The molecule has 4 N–H and O–H groups in total. The Morgan fingerprint density at radius 3 is 2.20 bits per heavy atom. The first-order valence-electron chi connectivity index (χ1n) is 4.88. The van der Waals surface area contributed by atoms with Crippen LogP contribution in [-0.2, 0) is 14.3 Å². The van der Waals surface area contributed by atoms with E-state index >= 15 is 0 Å². The molecule has 0 saturated heterocycles. The lowest BCUT2D eigenvalue weighted by molar-refractivity contribution is -0.118. The number of carbonyl (C=O) groups excluding carboxylic acids is 1. The summed E-state index contributed by atoms with van der Waals surface area (Å²) in [6.45, 7) is 4.70. The first-order valence-corrected chi connectivity index (χ1v) is 4.88. The Bertz CT molecular complexity index is 239. The molecule has 0 saturated carbocycles. The third-order valence-electron chi connectivity index (χ3n) is 1.44. The molecule has 5 nitrogen and oxygen atoms in total. The van der Waals surface area contributed by atoms with Gasteiger partial charge in [-0.3, -0.25) is 4.79 Å². The lowest BCUT2D eigenvalue weighted by atomic mass is 10.2. The maximum atomic E-state index is 10.5. The second-order valence-corrected chi connectivity index (χ2v) is 2.81. The van der Waals surface area contributed by atoms with Crippen LogP contribution in [0.1, 0.15) is 20.3 Å². The Kier molecular flexibility index (Phi) is 7.64. The van der Waals surface area contributed by atoms with Crippen molar-refractivity contribution in [2.24, 2.45) is 11.5 Å². The molecular formula is C10H18N2O3. The van der Waals surface area contributed by atoms with Crippen molar-refractivity contribution in [1.82, 2.24) is 0 Å². The highest BCUT2D eigenvalue weighted by Crippen LogP contribution is 1.93. The molecule has 1 unspecified atom stereocenters. The second-order valence-electron chi connectivity index (χ2n) is 2.81. The normalized spacial score (nSPS) is 12.0. The van der Waals surface area contributed by atoms with Crippen LogP contribution in [0.15, 0.2) is 0 Å². The molecule has 0 aliphatic carbocycles. The van der Waals surface area contributed by atoms with E-state index in [4.69, 9.17) is 20.9 Å². The van der Waals surface area contributed by atoms with E-state index in [1.807, 2.05) is 13.8 Å². The van der Waals surface area contributed by atoms with Crippen LogP contribution >= 0.6 is 0 Å². The van der Waals surface area contributed by atoms with Gasteiger partial charge in [-0.1, -0.05) is 5.92 Å². The van der Waals surface area contributed by atoms with Crippen LogP contribution in [0.3, 0.4) is 0 Å². The predicted octanol–water partition coefficient (Wildman–Crippen LogP) is -0.408. The molecule has 0 radical (unpaired) electrons. The quantitative estimate of drug-likeness (QED) is 0.465. The molecule has 0 aliphatic rings. The third-order valence-corrected chi connectivity index (χ3v) is 1.44. The first kappa shape index (κ1) is 13.9. The molecule has 0 aromatic carbocycles. The number of amides is 1. The second kappa shape index (κ2) is 8.24. The van der Waals surface area contributed by atoms with Gasteiger partial charge in [0.2, 0.25) is 12.2 Å². The maximum absolute atomic E-state index is 10.5. The van der Waals surface area contributed by atoms with Crippen molar-refractivity contribution in [3.8, 4) is 11.8 Å². The highest BCUT2D eigenvalue weighted by Gasteiger charge is 2.05. The predicted molar refractivity (Wildman–Crippen MR) is 56.6 cm³/mol. The Hall–Kier alpha value is -1.09. The van der Waals surface area contributed by atoms with Crippen molar-refractivity contribution in [3.63, 3.8) is 0 Å². The number of hydrogen-bond acceptors (Lipinski definition) is 4. The molecule has 15 heavy (non-hydrogen) atoms. The van der Waals surface area contributed by atoms with Crippen LogP contribution in [0.5, 0.6) is 0 Å². The fraction of sp³-hybridized carbons (Fsp3) is 0.700. The number of primary amides is 1.